The van der Waals surface area contributed by atoms with Crippen LogP contribution in [-0.4, -0.2) is 27.1 Å². The number of aryl methyl sites for hydroxylation is 2. The van der Waals surface area contributed by atoms with Gasteiger partial charge >= 0.3 is 0 Å². The molecule has 0 aliphatic carbocycles. The molecular formula is C16H18N4O3S. The van der Waals surface area contributed by atoms with Crippen LogP contribution in [0.3, 0.4) is 0 Å². The van der Waals surface area contributed by atoms with Crippen LogP contribution in [0.15, 0.2) is 29.4 Å². The molecule has 0 spiro atoms. The van der Waals surface area contributed by atoms with E-state index in [2.05, 4.69) is 15.3 Å². The molecule has 126 valence electrons. The molecule has 0 atom stereocenters. The molecule has 7 nitrogen and oxygen atoms in total. The molecule has 0 unspecified atom stereocenters. The fraction of sp³-hybridized carbons (Fsp3) is 0.312. The number of nitrogens with one attached hydrogen (secondary N) is 1. The SMILES string of the molecule is CSc1nc(C)c(CCC(=O)Nc2ccccc2[N+](=O)[O-])c(C)n1. The number of rotatable bonds is 6. The summed E-state index contributed by atoms with van der Waals surface area (Å²) in [5.41, 5.74) is 2.72. The summed E-state index contributed by atoms with van der Waals surface area (Å²) in [6.07, 6.45) is 2.60. The number of anilines is 1. The van der Waals surface area contributed by atoms with E-state index in [1.54, 1.807) is 12.1 Å². The van der Waals surface area contributed by atoms with E-state index >= 15 is 0 Å². The highest BCUT2D eigenvalue weighted by molar-refractivity contribution is 7.98. The Bertz CT molecular complexity index is 757. The Morgan fingerprint density at radius 2 is 1.88 bits per heavy atom. The number of benzene rings is 1. The van der Waals surface area contributed by atoms with Gasteiger partial charge in [-0.05, 0) is 38.2 Å². The van der Waals surface area contributed by atoms with Crippen LogP contribution in [0.5, 0.6) is 0 Å². The Morgan fingerprint density at radius 1 is 1.25 bits per heavy atom. The maximum atomic E-state index is 12.1. The first-order valence-corrected chi connectivity index (χ1v) is 8.56. The Hall–Kier alpha value is -2.48. The van der Waals surface area contributed by atoms with Crippen LogP contribution in [0, 0.1) is 24.0 Å². The van der Waals surface area contributed by atoms with Crippen molar-refractivity contribution in [1.82, 2.24) is 9.97 Å². The van der Waals surface area contributed by atoms with Gasteiger partial charge in [-0.1, -0.05) is 23.9 Å². The number of hydrogen-bond donors (Lipinski definition) is 1. The summed E-state index contributed by atoms with van der Waals surface area (Å²) in [6.45, 7) is 3.79. The van der Waals surface area contributed by atoms with Gasteiger partial charge in [0, 0.05) is 23.9 Å². The molecule has 0 saturated carbocycles. The minimum absolute atomic E-state index is 0.120. The van der Waals surface area contributed by atoms with Crippen molar-refractivity contribution in [2.45, 2.75) is 31.8 Å². The number of aromatic nitrogens is 2. The molecular weight excluding hydrogens is 328 g/mol. The average Bonchev–Trinajstić information content (AvgIpc) is 2.54. The van der Waals surface area contributed by atoms with E-state index < -0.39 is 4.92 Å². The third-order valence-corrected chi connectivity index (χ3v) is 4.11. The summed E-state index contributed by atoms with van der Waals surface area (Å²) < 4.78 is 0. The summed E-state index contributed by atoms with van der Waals surface area (Å²) in [6, 6.07) is 6.08. The van der Waals surface area contributed by atoms with E-state index in [9.17, 15) is 14.9 Å². The van der Waals surface area contributed by atoms with Gasteiger partial charge < -0.3 is 5.32 Å². The van der Waals surface area contributed by atoms with Gasteiger partial charge in [0.2, 0.25) is 5.91 Å². The minimum Gasteiger partial charge on any atom is -0.320 e. The lowest BCUT2D eigenvalue weighted by molar-refractivity contribution is -0.383. The average molecular weight is 346 g/mol. The number of carbonyl (C=O) groups is 1. The van der Waals surface area contributed by atoms with Crippen LogP contribution >= 0.6 is 11.8 Å². The van der Waals surface area contributed by atoms with Crippen LogP contribution in [0.4, 0.5) is 11.4 Å². The summed E-state index contributed by atoms with van der Waals surface area (Å²) in [4.78, 5) is 31.3. The molecule has 1 heterocycles. The highest BCUT2D eigenvalue weighted by atomic mass is 32.2. The Balaban J connectivity index is 2.06. The standard InChI is InChI=1S/C16H18N4O3S/c1-10-12(11(2)18-16(17-10)24-3)8-9-15(21)19-13-6-4-5-7-14(13)20(22)23/h4-7H,8-9H2,1-3H3,(H,19,21). The number of carbonyl (C=O) groups excluding carboxylic acids is 1. The summed E-state index contributed by atoms with van der Waals surface area (Å²) in [5.74, 6) is -0.281. The Morgan fingerprint density at radius 3 is 2.46 bits per heavy atom. The van der Waals surface area contributed by atoms with Crippen molar-refractivity contribution >= 4 is 29.0 Å². The molecule has 1 amide bonds. The highest BCUT2D eigenvalue weighted by Gasteiger charge is 2.15. The maximum absolute atomic E-state index is 12.1. The molecule has 8 heteroatoms. The molecule has 24 heavy (non-hydrogen) atoms. The molecule has 0 aliphatic heterocycles. The molecule has 2 aromatic rings. The van der Waals surface area contributed by atoms with Crippen molar-refractivity contribution in [2.75, 3.05) is 11.6 Å². The predicted molar refractivity (Wildman–Crippen MR) is 93.3 cm³/mol. The van der Waals surface area contributed by atoms with Gasteiger partial charge in [-0.25, -0.2) is 9.97 Å². The first kappa shape index (κ1) is 17.9. The zero-order valence-corrected chi connectivity index (χ0v) is 14.5. The fourth-order valence-electron chi connectivity index (χ4n) is 2.35. The molecule has 2 rings (SSSR count). The predicted octanol–water partition coefficient (Wildman–Crippen LogP) is 3.29. The fourth-order valence-corrected chi connectivity index (χ4v) is 2.81. The third kappa shape index (κ3) is 4.29. The van der Waals surface area contributed by atoms with Gasteiger partial charge in [0.25, 0.3) is 5.69 Å². The third-order valence-electron chi connectivity index (χ3n) is 3.56. The number of amides is 1. The molecule has 1 N–H and O–H groups in total. The molecule has 0 fully saturated rings. The van der Waals surface area contributed by atoms with Crippen molar-refractivity contribution in [3.63, 3.8) is 0 Å². The second kappa shape index (κ2) is 7.87. The zero-order valence-electron chi connectivity index (χ0n) is 13.7. The quantitative estimate of drug-likeness (QED) is 0.373. The number of hydrogen-bond acceptors (Lipinski definition) is 6. The normalized spacial score (nSPS) is 10.5. The van der Waals surface area contributed by atoms with Crippen LogP contribution in [0.25, 0.3) is 0 Å². The number of para-hydroxylation sites is 2. The lowest BCUT2D eigenvalue weighted by Crippen LogP contribution is -2.14. The first-order chi connectivity index (χ1) is 11.4. The van der Waals surface area contributed by atoms with Crippen molar-refractivity contribution < 1.29 is 9.72 Å². The van der Waals surface area contributed by atoms with E-state index in [0.717, 1.165) is 17.0 Å². The molecule has 0 radical (unpaired) electrons. The van der Waals surface area contributed by atoms with E-state index in [4.69, 9.17) is 0 Å². The van der Waals surface area contributed by atoms with Crippen molar-refractivity contribution in [1.29, 1.82) is 0 Å². The lowest BCUT2D eigenvalue weighted by atomic mass is 10.1. The van der Waals surface area contributed by atoms with Crippen molar-refractivity contribution in [2.24, 2.45) is 0 Å². The highest BCUT2D eigenvalue weighted by Crippen LogP contribution is 2.23. The number of nitro groups is 1. The van der Waals surface area contributed by atoms with Gasteiger partial charge in [0.15, 0.2) is 5.16 Å². The maximum Gasteiger partial charge on any atom is 0.292 e. The molecule has 0 saturated heterocycles. The summed E-state index contributed by atoms with van der Waals surface area (Å²) in [5, 5.41) is 14.3. The summed E-state index contributed by atoms with van der Waals surface area (Å²) in [7, 11) is 0. The minimum atomic E-state index is -0.515. The Kier molecular flexibility index (Phi) is 5.86. The van der Waals surface area contributed by atoms with Crippen LogP contribution in [-0.2, 0) is 11.2 Å². The van der Waals surface area contributed by atoms with Gasteiger partial charge in [-0.2, -0.15) is 0 Å². The molecule has 0 bridgehead atoms. The van der Waals surface area contributed by atoms with Crippen LogP contribution in [0.1, 0.15) is 23.4 Å². The van der Waals surface area contributed by atoms with E-state index in [1.807, 2.05) is 20.1 Å². The van der Waals surface area contributed by atoms with Gasteiger partial charge in [0.1, 0.15) is 5.69 Å². The number of nitrogens with zero attached hydrogens (tertiary/aromatic N) is 3. The van der Waals surface area contributed by atoms with Crippen LogP contribution in [0.2, 0.25) is 0 Å². The lowest BCUT2D eigenvalue weighted by Gasteiger charge is -2.10. The zero-order chi connectivity index (χ0) is 17.7. The van der Waals surface area contributed by atoms with E-state index in [0.29, 0.717) is 11.6 Å². The largest absolute Gasteiger partial charge is 0.320 e. The topological polar surface area (TPSA) is 98.0 Å². The van der Waals surface area contributed by atoms with Crippen molar-refractivity contribution in [3.8, 4) is 0 Å². The molecule has 0 aliphatic rings. The Labute approximate surface area is 144 Å². The van der Waals surface area contributed by atoms with Gasteiger partial charge in [-0.15, -0.1) is 0 Å². The first-order valence-electron chi connectivity index (χ1n) is 7.33. The second-order valence-electron chi connectivity index (χ2n) is 5.18. The molecule has 1 aromatic carbocycles. The van der Waals surface area contributed by atoms with Crippen LogP contribution < -0.4 is 5.32 Å². The monoisotopic (exact) mass is 346 g/mol. The van der Waals surface area contributed by atoms with E-state index in [1.165, 1.54) is 23.9 Å². The number of nitro benzene ring substituents is 1. The van der Waals surface area contributed by atoms with Gasteiger partial charge in [-0.3, -0.25) is 14.9 Å². The molecule has 1 aromatic heterocycles. The number of thioether (sulfide) groups is 1. The van der Waals surface area contributed by atoms with E-state index in [-0.39, 0.29) is 23.7 Å². The smallest absolute Gasteiger partial charge is 0.292 e. The van der Waals surface area contributed by atoms with Gasteiger partial charge in [0.05, 0.1) is 4.92 Å². The second-order valence-corrected chi connectivity index (χ2v) is 5.96. The van der Waals surface area contributed by atoms with Crippen molar-refractivity contribution in [3.05, 3.63) is 51.3 Å². The summed E-state index contributed by atoms with van der Waals surface area (Å²) >= 11 is 1.47.